The molecule has 25 heavy (non-hydrogen) atoms. The first-order chi connectivity index (χ1) is 12.0. The fourth-order valence-electron chi connectivity index (χ4n) is 3.91. The molecule has 1 aromatic heterocycles. The molecule has 1 aliphatic carbocycles. The van der Waals surface area contributed by atoms with Crippen LogP contribution in [0.3, 0.4) is 0 Å². The van der Waals surface area contributed by atoms with Crippen molar-refractivity contribution in [1.82, 2.24) is 15.1 Å². The van der Waals surface area contributed by atoms with Crippen LogP contribution in [0, 0.1) is 5.92 Å². The smallest absolute Gasteiger partial charge is 0.270 e. The lowest BCUT2D eigenvalue weighted by Gasteiger charge is -2.35. The molecule has 2 aliphatic rings. The van der Waals surface area contributed by atoms with Gasteiger partial charge >= 0.3 is 0 Å². The van der Waals surface area contributed by atoms with Gasteiger partial charge in [-0.3, -0.25) is 9.48 Å². The average molecular weight is 351 g/mol. The Bertz CT molecular complexity index is 610. The maximum atomic E-state index is 12.9. The number of fused-ring (bicyclic) bond motifs is 1. The number of aliphatic hydroxyl groups is 1. The molecule has 2 heterocycles. The van der Waals surface area contributed by atoms with E-state index in [1.54, 1.807) is 11.8 Å². The lowest BCUT2D eigenvalue weighted by atomic mass is 9.78. The molecule has 0 radical (unpaired) electrons. The van der Waals surface area contributed by atoms with E-state index in [2.05, 4.69) is 10.4 Å². The van der Waals surface area contributed by atoms with E-state index < -0.39 is 0 Å². The summed E-state index contributed by atoms with van der Waals surface area (Å²) < 4.78 is 12.8. The van der Waals surface area contributed by atoms with Crippen LogP contribution in [-0.4, -0.2) is 53.3 Å². The number of nitrogens with one attached hydrogen (secondary N) is 1. The number of hydrogen-bond donors (Lipinski definition) is 2. The van der Waals surface area contributed by atoms with Gasteiger partial charge in [0.05, 0.1) is 31.1 Å². The number of nitrogens with zero attached hydrogens (tertiary/aromatic N) is 2. The van der Waals surface area contributed by atoms with Crippen LogP contribution < -0.4 is 5.32 Å². The van der Waals surface area contributed by atoms with E-state index in [9.17, 15) is 4.79 Å². The Balaban J connectivity index is 1.77. The summed E-state index contributed by atoms with van der Waals surface area (Å²) in [5.74, 6) is 0.467. The standard InChI is InChI=1S/C18H29N3O4/c1-11-8-15-16(12(2)25-11)20-21(5-7-24-3)17(15)18(23)19-14-9-13(10-14)4-6-22/h11-14,22H,4-10H2,1-3H3,(H,19,23)/t11-,12+,13?,14?/m0/s1. The van der Waals surface area contributed by atoms with Gasteiger partial charge in [0, 0.05) is 31.7 Å². The predicted octanol–water partition coefficient (Wildman–Crippen LogP) is 1.44. The molecule has 7 nitrogen and oxygen atoms in total. The zero-order chi connectivity index (χ0) is 18.0. The van der Waals surface area contributed by atoms with Crippen LogP contribution in [0.2, 0.25) is 0 Å². The summed E-state index contributed by atoms with van der Waals surface area (Å²) in [5, 5.41) is 16.8. The number of carbonyl (C=O) groups is 1. The predicted molar refractivity (Wildman–Crippen MR) is 92.5 cm³/mol. The first-order valence-electron chi connectivity index (χ1n) is 9.19. The van der Waals surface area contributed by atoms with Crippen molar-refractivity contribution in [2.24, 2.45) is 5.92 Å². The second-order valence-electron chi connectivity index (χ2n) is 7.24. The normalized spacial score (nSPS) is 28.3. The van der Waals surface area contributed by atoms with E-state index in [0.717, 1.165) is 30.5 Å². The number of methoxy groups -OCH3 is 1. The summed E-state index contributed by atoms with van der Waals surface area (Å²) in [7, 11) is 1.65. The maximum Gasteiger partial charge on any atom is 0.270 e. The number of ether oxygens (including phenoxy) is 2. The highest BCUT2D eigenvalue weighted by Gasteiger charge is 2.35. The summed E-state index contributed by atoms with van der Waals surface area (Å²) in [5.41, 5.74) is 2.52. The van der Waals surface area contributed by atoms with Gasteiger partial charge in [-0.1, -0.05) is 0 Å². The molecule has 7 heteroatoms. The van der Waals surface area contributed by atoms with Gasteiger partial charge in [-0.25, -0.2) is 0 Å². The minimum absolute atomic E-state index is 0.0569. The largest absolute Gasteiger partial charge is 0.396 e. The number of hydrogen-bond acceptors (Lipinski definition) is 5. The molecule has 2 atom stereocenters. The first kappa shape index (κ1) is 18.4. The number of aromatic nitrogens is 2. The third kappa shape index (κ3) is 3.88. The van der Waals surface area contributed by atoms with Gasteiger partial charge in [-0.2, -0.15) is 5.10 Å². The first-order valence-corrected chi connectivity index (χ1v) is 9.19. The van der Waals surface area contributed by atoms with Crippen LogP contribution in [0.15, 0.2) is 0 Å². The second kappa shape index (κ2) is 7.85. The summed E-state index contributed by atoms with van der Waals surface area (Å²) in [6.07, 6.45) is 3.37. The molecule has 1 fully saturated rings. The van der Waals surface area contributed by atoms with Gasteiger partial charge in [0.25, 0.3) is 5.91 Å². The Kier molecular flexibility index (Phi) is 5.76. The average Bonchev–Trinajstić information content (AvgIpc) is 2.89. The second-order valence-corrected chi connectivity index (χ2v) is 7.24. The zero-order valence-corrected chi connectivity index (χ0v) is 15.3. The molecule has 0 spiro atoms. The molecule has 1 aliphatic heterocycles. The topological polar surface area (TPSA) is 85.6 Å². The van der Waals surface area contributed by atoms with Crippen molar-refractivity contribution in [3.05, 3.63) is 17.0 Å². The van der Waals surface area contributed by atoms with Gasteiger partial charge in [-0.15, -0.1) is 0 Å². The van der Waals surface area contributed by atoms with Gasteiger partial charge < -0.3 is 19.9 Å². The Morgan fingerprint density at radius 2 is 2.20 bits per heavy atom. The molecule has 0 aromatic carbocycles. The lowest BCUT2D eigenvalue weighted by molar-refractivity contribution is -0.00717. The summed E-state index contributed by atoms with van der Waals surface area (Å²) in [6, 6.07) is 0.195. The summed E-state index contributed by atoms with van der Waals surface area (Å²) in [4.78, 5) is 12.9. The molecular formula is C18H29N3O4. The third-order valence-electron chi connectivity index (χ3n) is 5.23. The number of carbonyl (C=O) groups excluding carboxylic acids is 1. The molecule has 0 bridgehead atoms. The van der Waals surface area contributed by atoms with Crippen molar-refractivity contribution < 1.29 is 19.4 Å². The molecular weight excluding hydrogens is 322 g/mol. The van der Waals surface area contributed by atoms with Crippen molar-refractivity contribution >= 4 is 5.91 Å². The molecule has 0 unspecified atom stereocenters. The van der Waals surface area contributed by atoms with Crippen molar-refractivity contribution in [2.75, 3.05) is 20.3 Å². The van der Waals surface area contributed by atoms with Crippen LogP contribution >= 0.6 is 0 Å². The monoisotopic (exact) mass is 351 g/mol. The highest BCUT2D eigenvalue weighted by Crippen LogP contribution is 2.33. The highest BCUT2D eigenvalue weighted by atomic mass is 16.5. The van der Waals surface area contributed by atoms with E-state index in [4.69, 9.17) is 14.6 Å². The third-order valence-corrected chi connectivity index (χ3v) is 5.23. The van der Waals surface area contributed by atoms with Crippen molar-refractivity contribution in [1.29, 1.82) is 0 Å². The molecule has 1 amide bonds. The van der Waals surface area contributed by atoms with Crippen molar-refractivity contribution in [2.45, 2.75) is 64.3 Å². The molecule has 3 rings (SSSR count). The van der Waals surface area contributed by atoms with Crippen LogP contribution in [0.25, 0.3) is 0 Å². The van der Waals surface area contributed by atoms with E-state index in [-0.39, 0.29) is 30.8 Å². The Hall–Kier alpha value is -1.44. The van der Waals surface area contributed by atoms with Crippen LogP contribution in [0.1, 0.15) is 61.0 Å². The van der Waals surface area contributed by atoms with Crippen molar-refractivity contribution in [3.8, 4) is 0 Å². The van der Waals surface area contributed by atoms with Gasteiger partial charge in [0.15, 0.2) is 0 Å². The van der Waals surface area contributed by atoms with Crippen LogP contribution in [-0.2, 0) is 22.4 Å². The van der Waals surface area contributed by atoms with E-state index >= 15 is 0 Å². The fraction of sp³-hybridized carbons (Fsp3) is 0.778. The summed E-state index contributed by atoms with van der Waals surface area (Å²) >= 11 is 0. The minimum Gasteiger partial charge on any atom is -0.396 e. The highest BCUT2D eigenvalue weighted by molar-refractivity contribution is 5.94. The Morgan fingerprint density at radius 1 is 1.44 bits per heavy atom. The van der Waals surface area contributed by atoms with E-state index in [1.165, 1.54) is 0 Å². The van der Waals surface area contributed by atoms with Crippen LogP contribution in [0.5, 0.6) is 0 Å². The van der Waals surface area contributed by atoms with Gasteiger partial charge in [0.1, 0.15) is 5.69 Å². The molecule has 2 N–H and O–H groups in total. The quantitative estimate of drug-likeness (QED) is 0.776. The van der Waals surface area contributed by atoms with Gasteiger partial charge in [0.2, 0.25) is 0 Å². The Labute approximate surface area is 148 Å². The number of amides is 1. The van der Waals surface area contributed by atoms with Crippen molar-refractivity contribution in [3.63, 3.8) is 0 Å². The maximum absolute atomic E-state index is 12.9. The number of rotatable bonds is 7. The SMILES string of the molecule is COCCn1nc2c(c1C(=O)NC1CC(CCO)C1)C[C@H](C)O[C@@H]2C. The Morgan fingerprint density at radius 3 is 2.88 bits per heavy atom. The van der Waals surface area contributed by atoms with E-state index in [1.807, 2.05) is 13.8 Å². The zero-order valence-electron chi connectivity index (χ0n) is 15.3. The fourth-order valence-corrected chi connectivity index (χ4v) is 3.91. The minimum atomic E-state index is -0.105. The molecule has 1 saturated carbocycles. The lowest BCUT2D eigenvalue weighted by Crippen LogP contribution is -2.45. The molecule has 140 valence electrons. The number of aliphatic hydroxyl groups excluding tert-OH is 1. The summed E-state index contributed by atoms with van der Waals surface area (Å²) in [6.45, 7) is 5.28. The molecule has 1 aromatic rings. The van der Waals surface area contributed by atoms with Gasteiger partial charge in [-0.05, 0) is 39.0 Å². The molecule has 0 saturated heterocycles. The van der Waals surface area contributed by atoms with Crippen LogP contribution in [0.4, 0.5) is 0 Å². The van der Waals surface area contributed by atoms with E-state index in [0.29, 0.717) is 31.2 Å².